The van der Waals surface area contributed by atoms with E-state index >= 15 is 0 Å². The van der Waals surface area contributed by atoms with E-state index in [0.717, 1.165) is 41.5 Å². The molecule has 3 aliphatic rings. The molecule has 0 bridgehead atoms. The summed E-state index contributed by atoms with van der Waals surface area (Å²) in [7, 11) is 0. The molecule has 2 fully saturated rings. The first-order valence-corrected chi connectivity index (χ1v) is 11.5. The molecule has 4 amide bonds. The molecule has 5 rings (SSSR count). The fourth-order valence-electron chi connectivity index (χ4n) is 5.16. The number of rotatable bonds is 5. The molecule has 2 aromatic rings. The van der Waals surface area contributed by atoms with Gasteiger partial charge in [-0.2, -0.15) is 0 Å². The normalized spacial score (nSPS) is 22.8. The Labute approximate surface area is 200 Å². The zero-order valence-corrected chi connectivity index (χ0v) is 19.2. The van der Waals surface area contributed by atoms with Crippen LogP contribution in [-0.2, 0) is 20.7 Å². The first-order valence-electron chi connectivity index (χ1n) is 11.5. The van der Waals surface area contributed by atoms with Crippen LogP contribution in [-0.4, -0.2) is 42.5 Å². The quantitative estimate of drug-likeness (QED) is 0.635. The summed E-state index contributed by atoms with van der Waals surface area (Å²) in [6.45, 7) is 1.64. The molecule has 8 nitrogen and oxygen atoms in total. The van der Waals surface area contributed by atoms with Gasteiger partial charge in [-0.05, 0) is 55.7 Å². The first kappa shape index (κ1) is 23.1. The van der Waals surface area contributed by atoms with E-state index in [-0.39, 0.29) is 5.56 Å². The van der Waals surface area contributed by atoms with Gasteiger partial charge in [0.15, 0.2) is 11.5 Å². The number of hydrogen-bond donors (Lipinski definition) is 2. The third kappa shape index (κ3) is 3.96. The molecule has 0 spiro atoms. The van der Waals surface area contributed by atoms with Crippen LogP contribution < -0.4 is 20.1 Å². The lowest BCUT2D eigenvalue weighted by Gasteiger charge is -2.32. The van der Waals surface area contributed by atoms with Crippen molar-refractivity contribution in [3.05, 3.63) is 59.2 Å². The average molecular weight is 485 g/mol. The van der Waals surface area contributed by atoms with E-state index < -0.39 is 47.1 Å². The van der Waals surface area contributed by atoms with Crippen LogP contribution >= 0.6 is 0 Å². The minimum Gasteiger partial charge on any atom is -0.486 e. The fraction of sp³-hybridized carbons (Fsp3) is 0.400. The largest absolute Gasteiger partial charge is 0.486 e. The lowest BCUT2D eigenvalue weighted by molar-refractivity contribution is -0.135. The van der Waals surface area contributed by atoms with Crippen molar-refractivity contribution >= 4 is 17.8 Å². The maximum absolute atomic E-state index is 14.4. The third-order valence-corrected chi connectivity index (χ3v) is 6.97. The van der Waals surface area contributed by atoms with Crippen molar-refractivity contribution in [3.8, 4) is 11.5 Å². The van der Waals surface area contributed by atoms with Crippen LogP contribution in [0.25, 0.3) is 0 Å². The van der Waals surface area contributed by atoms with Crippen molar-refractivity contribution in [2.45, 2.75) is 43.7 Å². The maximum atomic E-state index is 14.4. The van der Waals surface area contributed by atoms with Gasteiger partial charge in [0.05, 0.1) is 5.54 Å². The summed E-state index contributed by atoms with van der Waals surface area (Å²) >= 11 is 0. The van der Waals surface area contributed by atoms with Gasteiger partial charge in [-0.15, -0.1) is 0 Å². The number of nitrogens with zero attached hydrogens (tertiary/aromatic N) is 1. The number of fused-ring (bicyclic) bond motifs is 1. The van der Waals surface area contributed by atoms with Gasteiger partial charge in [-0.1, -0.05) is 18.9 Å². The van der Waals surface area contributed by atoms with E-state index in [1.807, 2.05) is 18.2 Å². The molecule has 35 heavy (non-hydrogen) atoms. The standard InChI is InChI=1S/C25H25F2N3O5/c1-24(17-13-16(26)5-6-18(17)27)22(32)30(23(33)29-24)14-21(31)28-25(8-2-3-9-25)15-4-7-19-20(12-15)35-11-10-34-19/h4-7,12-13H,2-3,8-11,14H2,1H3,(H,28,31)(H,29,33). The molecule has 1 unspecified atom stereocenters. The van der Waals surface area contributed by atoms with Gasteiger partial charge in [-0.3, -0.25) is 14.5 Å². The molecule has 10 heteroatoms. The SMILES string of the molecule is CC1(c2cc(F)ccc2F)NC(=O)N(CC(=O)NC2(c3ccc4c(c3)OCCO4)CCCC2)C1=O. The number of amides is 4. The number of carbonyl (C=O) groups is 3. The second-order valence-corrected chi connectivity index (χ2v) is 9.27. The summed E-state index contributed by atoms with van der Waals surface area (Å²) in [6.07, 6.45) is 3.17. The van der Waals surface area contributed by atoms with Gasteiger partial charge >= 0.3 is 6.03 Å². The van der Waals surface area contributed by atoms with Gasteiger partial charge in [0, 0.05) is 5.56 Å². The first-order chi connectivity index (χ1) is 16.7. The Morgan fingerprint density at radius 3 is 2.51 bits per heavy atom. The van der Waals surface area contributed by atoms with Crippen LogP contribution in [0.2, 0.25) is 0 Å². The fourth-order valence-corrected chi connectivity index (χ4v) is 5.16. The lowest BCUT2D eigenvalue weighted by Crippen LogP contribution is -2.49. The molecule has 1 aliphatic carbocycles. The topological polar surface area (TPSA) is 97.0 Å². The molecular weight excluding hydrogens is 460 g/mol. The number of halogens is 2. The summed E-state index contributed by atoms with van der Waals surface area (Å²) in [5, 5.41) is 5.44. The minimum atomic E-state index is -1.83. The number of ether oxygens (including phenoxy) is 2. The van der Waals surface area contributed by atoms with E-state index in [4.69, 9.17) is 9.47 Å². The van der Waals surface area contributed by atoms with Crippen molar-refractivity contribution in [1.29, 1.82) is 0 Å². The molecule has 2 heterocycles. The second-order valence-electron chi connectivity index (χ2n) is 9.27. The van der Waals surface area contributed by atoms with Crippen LogP contribution in [0.3, 0.4) is 0 Å². The number of hydrogen-bond acceptors (Lipinski definition) is 5. The summed E-state index contributed by atoms with van der Waals surface area (Å²) in [5.41, 5.74) is -1.95. The highest BCUT2D eigenvalue weighted by Crippen LogP contribution is 2.42. The highest BCUT2D eigenvalue weighted by Gasteiger charge is 2.51. The van der Waals surface area contributed by atoms with Crippen molar-refractivity contribution < 1.29 is 32.6 Å². The molecule has 1 atom stereocenters. The Bertz CT molecular complexity index is 1210. The van der Waals surface area contributed by atoms with Crippen LogP contribution in [0.15, 0.2) is 36.4 Å². The van der Waals surface area contributed by atoms with Gasteiger partial charge in [0.1, 0.15) is 36.9 Å². The molecule has 184 valence electrons. The second kappa shape index (κ2) is 8.51. The molecule has 2 aliphatic heterocycles. The molecule has 1 saturated heterocycles. The summed E-state index contributed by atoms with van der Waals surface area (Å²) < 4.78 is 39.4. The lowest BCUT2D eigenvalue weighted by atomic mass is 9.87. The summed E-state index contributed by atoms with van der Waals surface area (Å²) in [6, 6.07) is 7.39. The van der Waals surface area contributed by atoms with E-state index in [1.165, 1.54) is 6.92 Å². The van der Waals surface area contributed by atoms with E-state index in [2.05, 4.69) is 10.6 Å². The number of carbonyl (C=O) groups excluding carboxylic acids is 3. The molecular formula is C25H25F2N3O5. The van der Waals surface area contributed by atoms with E-state index in [0.29, 0.717) is 37.6 Å². The summed E-state index contributed by atoms with van der Waals surface area (Å²) in [4.78, 5) is 39.6. The monoisotopic (exact) mass is 485 g/mol. The molecule has 1 saturated carbocycles. The third-order valence-electron chi connectivity index (χ3n) is 6.97. The van der Waals surface area contributed by atoms with Crippen LogP contribution in [0.5, 0.6) is 11.5 Å². The molecule has 2 aromatic carbocycles. The number of imide groups is 1. The number of benzene rings is 2. The van der Waals surface area contributed by atoms with Gasteiger partial charge in [0.25, 0.3) is 5.91 Å². The molecule has 0 aromatic heterocycles. The average Bonchev–Trinajstić information content (AvgIpc) is 3.40. The van der Waals surface area contributed by atoms with Crippen LogP contribution in [0.1, 0.15) is 43.7 Å². The van der Waals surface area contributed by atoms with Crippen LogP contribution in [0.4, 0.5) is 13.6 Å². The Morgan fingerprint density at radius 1 is 1.06 bits per heavy atom. The smallest absolute Gasteiger partial charge is 0.325 e. The minimum absolute atomic E-state index is 0.303. The van der Waals surface area contributed by atoms with Crippen molar-refractivity contribution in [2.75, 3.05) is 19.8 Å². The van der Waals surface area contributed by atoms with Crippen LogP contribution in [0, 0.1) is 11.6 Å². The molecule has 2 N–H and O–H groups in total. The predicted octanol–water partition coefficient (Wildman–Crippen LogP) is 3.09. The Hall–Kier alpha value is -3.69. The maximum Gasteiger partial charge on any atom is 0.325 e. The Kier molecular flexibility index (Phi) is 5.61. The van der Waals surface area contributed by atoms with Gasteiger partial charge < -0.3 is 20.1 Å². The zero-order chi connectivity index (χ0) is 24.8. The number of urea groups is 1. The van der Waals surface area contributed by atoms with Gasteiger partial charge in [-0.25, -0.2) is 13.6 Å². The van der Waals surface area contributed by atoms with Gasteiger partial charge in [0.2, 0.25) is 5.91 Å². The van der Waals surface area contributed by atoms with E-state index in [9.17, 15) is 23.2 Å². The Balaban J connectivity index is 1.36. The molecule has 0 radical (unpaired) electrons. The van der Waals surface area contributed by atoms with Crippen molar-refractivity contribution in [2.24, 2.45) is 0 Å². The highest BCUT2D eigenvalue weighted by atomic mass is 19.1. The van der Waals surface area contributed by atoms with Crippen molar-refractivity contribution in [3.63, 3.8) is 0 Å². The number of nitrogens with one attached hydrogen (secondary N) is 2. The predicted molar refractivity (Wildman–Crippen MR) is 120 cm³/mol. The Morgan fingerprint density at radius 2 is 1.77 bits per heavy atom. The highest BCUT2D eigenvalue weighted by molar-refractivity contribution is 6.09. The van der Waals surface area contributed by atoms with Crippen molar-refractivity contribution in [1.82, 2.24) is 15.5 Å². The summed E-state index contributed by atoms with van der Waals surface area (Å²) in [5.74, 6) is -1.70. The zero-order valence-electron chi connectivity index (χ0n) is 19.2. The van der Waals surface area contributed by atoms with E-state index in [1.54, 1.807) is 0 Å².